The van der Waals surface area contributed by atoms with Gasteiger partial charge in [-0.05, 0) is 43.2 Å². The lowest BCUT2D eigenvalue weighted by atomic mass is 10.00. The smallest absolute Gasteiger partial charge is 0.317 e. The van der Waals surface area contributed by atoms with Gasteiger partial charge in [-0.25, -0.2) is 4.79 Å². The number of piperidine rings is 2. The number of likely N-dealkylation sites (tertiary alicyclic amines) is 2. The number of aliphatic hydroxyl groups is 1. The summed E-state index contributed by atoms with van der Waals surface area (Å²) < 4.78 is 33.8. The van der Waals surface area contributed by atoms with Gasteiger partial charge >= 0.3 is 6.03 Å². The predicted octanol–water partition coefficient (Wildman–Crippen LogP) is 1.59. The van der Waals surface area contributed by atoms with Crippen molar-refractivity contribution >= 4 is 11.9 Å². The molecule has 1 aromatic rings. The zero-order chi connectivity index (χ0) is 24.5. The van der Waals surface area contributed by atoms with Gasteiger partial charge in [-0.15, -0.1) is 0 Å². The minimum Gasteiger partial charge on any atom is -0.390 e. The summed E-state index contributed by atoms with van der Waals surface area (Å²) in [4.78, 5) is 29.9. The topological polar surface area (TPSA) is 76.1 Å². The number of rotatable bonds is 5. The Hall–Kier alpha value is -2.12. The maximum Gasteiger partial charge on any atom is 0.317 e. The Morgan fingerprint density at radius 3 is 2.87 bits per heavy atom. The Balaban J connectivity index is 1.32. The third kappa shape index (κ3) is 5.13. The number of benzene rings is 1. The molecule has 1 aromatic carbocycles. The Labute approximate surface area is 184 Å². The first-order chi connectivity index (χ1) is 16.1. The van der Waals surface area contributed by atoms with Crippen LogP contribution >= 0.6 is 0 Å². The van der Waals surface area contributed by atoms with Crippen molar-refractivity contribution in [3.8, 4) is 0 Å². The highest BCUT2D eigenvalue weighted by molar-refractivity contribution is 5.78. The van der Waals surface area contributed by atoms with E-state index in [1.54, 1.807) is 29.2 Å². The Morgan fingerprint density at radius 1 is 1.20 bits per heavy atom. The fourth-order valence-corrected chi connectivity index (χ4v) is 4.48. The van der Waals surface area contributed by atoms with Crippen LogP contribution in [0.5, 0.6) is 0 Å². The maximum atomic E-state index is 12.8. The van der Waals surface area contributed by atoms with Crippen LogP contribution in [0.2, 0.25) is 0 Å². The van der Waals surface area contributed by atoms with Crippen molar-refractivity contribution in [2.24, 2.45) is 0 Å². The highest BCUT2D eigenvalue weighted by Crippen LogP contribution is 2.21. The Morgan fingerprint density at radius 2 is 2.03 bits per heavy atom. The standard InChI is InChI=1S/C23H34N4O3/c28-21(17-25-13-10-18-6-1-2-7-19(18)15-25)14-24-23(30)26-11-5-8-20(16-26)27-12-4-3-9-22(27)29/h1-2,6-7,20-21,28H,3-5,8-17H2,(H,24,30)/t20-,21+/m1/s1/i10D2,15D2. The van der Waals surface area contributed by atoms with Gasteiger partial charge < -0.3 is 20.2 Å². The van der Waals surface area contributed by atoms with Gasteiger partial charge in [0, 0.05) is 63.7 Å². The van der Waals surface area contributed by atoms with Crippen molar-refractivity contribution in [3.63, 3.8) is 0 Å². The van der Waals surface area contributed by atoms with E-state index >= 15 is 0 Å². The van der Waals surface area contributed by atoms with Crippen LogP contribution in [0.1, 0.15) is 48.7 Å². The first kappa shape index (κ1) is 16.6. The number of urea groups is 1. The molecule has 0 saturated carbocycles. The SMILES string of the molecule is [2H]C1([2H])CN(C[C@@H](O)CNC(=O)N2CCC[C@@H](N3CCCCC3=O)C2)C([2H])([2H])c2ccccc21. The number of nitrogens with zero attached hydrogens (tertiary/aromatic N) is 3. The molecule has 2 saturated heterocycles. The lowest BCUT2D eigenvalue weighted by Crippen LogP contribution is -2.55. The summed E-state index contributed by atoms with van der Waals surface area (Å²) in [5.41, 5.74) is 0.583. The highest BCUT2D eigenvalue weighted by atomic mass is 16.3. The average molecular weight is 419 g/mol. The number of carbonyl (C=O) groups excluding carboxylic acids is 2. The lowest BCUT2D eigenvalue weighted by molar-refractivity contribution is -0.136. The highest BCUT2D eigenvalue weighted by Gasteiger charge is 2.31. The second kappa shape index (κ2) is 9.79. The molecule has 0 spiro atoms. The van der Waals surface area contributed by atoms with E-state index in [0.717, 1.165) is 32.2 Å². The minimum absolute atomic E-state index is 0.0279. The van der Waals surface area contributed by atoms with Crippen LogP contribution in [-0.4, -0.2) is 83.2 Å². The van der Waals surface area contributed by atoms with Crippen molar-refractivity contribution in [3.05, 3.63) is 35.4 Å². The van der Waals surface area contributed by atoms with E-state index in [2.05, 4.69) is 5.32 Å². The number of aliphatic hydroxyl groups excluding tert-OH is 1. The fourth-order valence-electron chi connectivity index (χ4n) is 4.48. The number of fused-ring (bicyclic) bond motifs is 1. The molecule has 4 rings (SSSR count). The van der Waals surface area contributed by atoms with E-state index in [4.69, 9.17) is 5.48 Å². The molecular weight excluding hydrogens is 380 g/mol. The van der Waals surface area contributed by atoms with Crippen LogP contribution in [0.3, 0.4) is 0 Å². The first-order valence-electron chi connectivity index (χ1n) is 12.9. The van der Waals surface area contributed by atoms with E-state index in [1.165, 1.54) is 4.90 Å². The molecule has 3 aliphatic rings. The summed E-state index contributed by atoms with van der Waals surface area (Å²) in [6.45, 7) is -0.516. The molecule has 7 heteroatoms. The molecule has 3 heterocycles. The van der Waals surface area contributed by atoms with Crippen molar-refractivity contribution in [2.45, 2.75) is 57.1 Å². The number of hydrogen-bond donors (Lipinski definition) is 2. The molecular formula is C23H34N4O3. The summed E-state index contributed by atoms with van der Waals surface area (Å²) in [5, 5.41) is 13.3. The lowest BCUT2D eigenvalue weighted by Gasteiger charge is -2.41. The molecule has 3 amide bonds. The molecule has 2 N–H and O–H groups in total. The molecule has 0 bridgehead atoms. The van der Waals surface area contributed by atoms with Crippen molar-refractivity contribution in [2.75, 3.05) is 39.3 Å². The molecule has 2 fully saturated rings. The Kier molecular flexibility index (Phi) is 5.40. The molecule has 164 valence electrons. The van der Waals surface area contributed by atoms with Gasteiger partial charge in [0.05, 0.1) is 6.10 Å². The van der Waals surface area contributed by atoms with Crippen molar-refractivity contribution < 1.29 is 20.2 Å². The average Bonchev–Trinajstić information content (AvgIpc) is 2.81. The quantitative estimate of drug-likeness (QED) is 0.762. The van der Waals surface area contributed by atoms with Crippen molar-refractivity contribution in [1.29, 1.82) is 0 Å². The van der Waals surface area contributed by atoms with Gasteiger partial charge in [-0.3, -0.25) is 9.69 Å². The predicted molar refractivity (Wildman–Crippen MR) is 115 cm³/mol. The molecule has 0 unspecified atom stereocenters. The fraction of sp³-hybridized carbons (Fsp3) is 0.652. The maximum absolute atomic E-state index is 12.8. The molecule has 2 atom stereocenters. The van der Waals surface area contributed by atoms with Crippen LogP contribution in [0.4, 0.5) is 4.79 Å². The van der Waals surface area contributed by atoms with E-state index in [1.807, 2.05) is 4.90 Å². The summed E-state index contributed by atoms with van der Waals surface area (Å²) in [6, 6.07) is 6.27. The monoisotopic (exact) mass is 418 g/mol. The second-order valence-electron chi connectivity index (χ2n) is 8.34. The van der Waals surface area contributed by atoms with Crippen LogP contribution in [0, 0.1) is 0 Å². The normalized spacial score (nSPS) is 29.1. The number of amides is 3. The van der Waals surface area contributed by atoms with E-state index in [-0.39, 0.29) is 43.2 Å². The van der Waals surface area contributed by atoms with Gasteiger partial charge in [-0.1, -0.05) is 24.3 Å². The summed E-state index contributed by atoms with van der Waals surface area (Å²) in [5.74, 6) is 0.158. The number of β-amino-alcohol motifs (C(OH)–C–C–N with tert-alkyl or cyclic N) is 1. The number of nitrogens with one attached hydrogen (secondary N) is 1. The van der Waals surface area contributed by atoms with Gasteiger partial charge in [0.2, 0.25) is 5.91 Å². The third-order valence-electron chi connectivity index (χ3n) is 6.07. The molecule has 30 heavy (non-hydrogen) atoms. The van der Waals surface area contributed by atoms with Gasteiger partial charge in [-0.2, -0.15) is 0 Å². The van der Waals surface area contributed by atoms with Gasteiger partial charge in [0.25, 0.3) is 0 Å². The van der Waals surface area contributed by atoms with Crippen LogP contribution in [-0.2, 0) is 17.7 Å². The second-order valence-corrected chi connectivity index (χ2v) is 8.34. The minimum atomic E-state index is -1.94. The molecule has 7 nitrogen and oxygen atoms in total. The molecule has 0 aromatic heterocycles. The van der Waals surface area contributed by atoms with E-state index in [9.17, 15) is 14.7 Å². The largest absolute Gasteiger partial charge is 0.390 e. The van der Waals surface area contributed by atoms with Crippen molar-refractivity contribution in [1.82, 2.24) is 20.0 Å². The van der Waals surface area contributed by atoms with Crippen LogP contribution in [0.25, 0.3) is 0 Å². The summed E-state index contributed by atoms with van der Waals surface area (Å²) in [7, 11) is 0. The Bertz CT molecular complexity index is 916. The first-order valence-corrected chi connectivity index (χ1v) is 10.9. The van der Waals surface area contributed by atoms with Gasteiger partial charge in [0.15, 0.2) is 0 Å². The molecule has 0 radical (unpaired) electrons. The van der Waals surface area contributed by atoms with Crippen LogP contribution < -0.4 is 5.32 Å². The van der Waals surface area contributed by atoms with E-state index in [0.29, 0.717) is 25.1 Å². The van der Waals surface area contributed by atoms with E-state index < -0.39 is 19.0 Å². The number of carbonyl (C=O) groups is 2. The van der Waals surface area contributed by atoms with Crippen LogP contribution in [0.15, 0.2) is 24.3 Å². The van der Waals surface area contributed by atoms with Gasteiger partial charge in [0.1, 0.15) is 0 Å². The summed E-state index contributed by atoms with van der Waals surface area (Å²) >= 11 is 0. The molecule has 3 aliphatic heterocycles. The molecule has 0 aliphatic carbocycles. The number of hydrogen-bond acceptors (Lipinski definition) is 4. The zero-order valence-electron chi connectivity index (χ0n) is 21.3. The third-order valence-corrected chi connectivity index (χ3v) is 6.07. The summed E-state index contributed by atoms with van der Waals surface area (Å²) in [6.07, 6.45) is 1.36. The zero-order valence-corrected chi connectivity index (χ0v) is 17.3.